The molecule has 7 nitrogen and oxygen atoms in total. The molecular weight excluding hydrogens is 502 g/mol. The van der Waals surface area contributed by atoms with E-state index in [1.807, 2.05) is 13.0 Å². The number of benzene rings is 1. The van der Waals surface area contributed by atoms with E-state index in [9.17, 15) is 20.0 Å². The van der Waals surface area contributed by atoms with Crippen molar-refractivity contribution in [1.29, 1.82) is 0 Å². The third kappa shape index (κ3) is 5.43. The normalized spacial score (nSPS) is 35.5. The van der Waals surface area contributed by atoms with Gasteiger partial charge in [0.15, 0.2) is 0 Å². The molecule has 4 aliphatic rings. The molecule has 0 spiro atoms. The highest BCUT2D eigenvalue weighted by atomic mass is 16.6. The second-order valence-corrected chi connectivity index (χ2v) is 14.0. The molecule has 0 unspecified atom stereocenters. The van der Waals surface area contributed by atoms with Gasteiger partial charge in [0.25, 0.3) is 5.69 Å². The van der Waals surface area contributed by atoms with Gasteiger partial charge in [-0.2, -0.15) is 0 Å². The van der Waals surface area contributed by atoms with Crippen LogP contribution in [0.1, 0.15) is 90.5 Å². The van der Waals surface area contributed by atoms with Crippen molar-refractivity contribution in [1.82, 2.24) is 5.32 Å². The molecule has 0 aromatic heterocycles. The van der Waals surface area contributed by atoms with Gasteiger partial charge in [-0.05, 0) is 117 Å². The van der Waals surface area contributed by atoms with Crippen LogP contribution >= 0.6 is 0 Å². The lowest BCUT2D eigenvalue weighted by Crippen LogP contribution is -2.50. The molecule has 3 fully saturated rings. The van der Waals surface area contributed by atoms with E-state index in [2.05, 4.69) is 37.5 Å². The lowest BCUT2D eigenvalue weighted by Gasteiger charge is -2.58. The summed E-state index contributed by atoms with van der Waals surface area (Å²) in [6, 6.07) is 5.13. The average Bonchev–Trinajstić information content (AvgIpc) is 3.28. The molecule has 1 amide bonds. The van der Waals surface area contributed by atoms with Crippen molar-refractivity contribution in [3.8, 4) is 0 Å². The van der Waals surface area contributed by atoms with Gasteiger partial charge in [0.05, 0.1) is 11.0 Å². The number of rotatable bonds is 9. The highest BCUT2D eigenvalue weighted by Gasteiger charge is 2.59. The fourth-order valence-electron chi connectivity index (χ4n) is 9.61. The Labute approximate surface area is 239 Å². The van der Waals surface area contributed by atoms with Gasteiger partial charge in [-0.25, -0.2) is 0 Å². The van der Waals surface area contributed by atoms with E-state index >= 15 is 0 Å². The predicted molar refractivity (Wildman–Crippen MR) is 159 cm³/mol. The van der Waals surface area contributed by atoms with Crippen molar-refractivity contribution in [2.75, 3.05) is 18.4 Å². The van der Waals surface area contributed by atoms with E-state index in [0.29, 0.717) is 42.4 Å². The van der Waals surface area contributed by atoms with E-state index in [4.69, 9.17) is 0 Å². The van der Waals surface area contributed by atoms with Crippen LogP contribution in [-0.2, 0) is 4.79 Å². The van der Waals surface area contributed by atoms with Gasteiger partial charge >= 0.3 is 0 Å². The van der Waals surface area contributed by atoms with Gasteiger partial charge in [-0.15, -0.1) is 0 Å². The minimum Gasteiger partial charge on any atom is -0.393 e. The Hall–Kier alpha value is -2.41. The van der Waals surface area contributed by atoms with Crippen molar-refractivity contribution in [3.63, 3.8) is 0 Å². The van der Waals surface area contributed by atoms with E-state index in [-0.39, 0.29) is 28.0 Å². The number of carbonyl (C=O) groups excluding carboxylic acids is 1. The van der Waals surface area contributed by atoms with E-state index in [0.717, 1.165) is 49.0 Å². The number of hydrogen-bond donors (Lipinski definition) is 3. The van der Waals surface area contributed by atoms with Crippen LogP contribution in [0.25, 0.3) is 0 Å². The molecule has 220 valence electrons. The maximum absolute atomic E-state index is 12.7. The number of allylic oxidation sites excluding steroid dienone is 1. The molecule has 0 aliphatic heterocycles. The maximum atomic E-state index is 12.7. The smallest absolute Gasteiger partial charge is 0.292 e. The summed E-state index contributed by atoms with van der Waals surface area (Å²) in [5.74, 6) is 3.54. The first kappa shape index (κ1) is 29.1. The second kappa shape index (κ2) is 11.5. The van der Waals surface area contributed by atoms with Crippen LogP contribution in [0.15, 0.2) is 29.8 Å². The largest absolute Gasteiger partial charge is 0.393 e. The molecular formula is C33H49N3O4. The SMILES string of the molecule is Cc1ccc(NCCNC(=O)CC[C@@H](C)[C@H]2CC[C@H]3[C@@H]4CC=C5C[C@@H](O)CC[C@]5(C)[C@H]4CC[C@]23C)c([N+](=O)[O-])c1. The predicted octanol–water partition coefficient (Wildman–Crippen LogP) is 6.79. The molecule has 0 heterocycles. The number of nitro benzene ring substituents is 1. The molecule has 8 atom stereocenters. The fourth-order valence-corrected chi connectivity index (χ4v) is 9.61. The van der Waals surface area contributed by atoms with E-state index < -0.39 is 0 Å². The minimum absolute atomic E-state index is 0.0628. The molecule has 0 radical (unpaired) electrons. The molecule has 1 aromatic carbocycles. The minimum atomic E-state index is -0.375. The van der Waals surface area contributed by atoms with Gasteiger partial charge < -0.3 is 15.7 Å². The number of amides is 1. The summed E-state index contributed by atoms with van der Waals surface area (Å²) >= 11 is 0. The number of fused-ring (bicyclic) bond motifs is 5. The fraction of sp³-hybridized carbons (Fsp3) is 0.727. The Bertz CT molecular complexity index is 1150. The summed E-state index contributed by atoms with van der Waals surface area (Å²) < 4.78 is 0. The topological polar surface area (TPSA) is 104 Å². The first-order chi connectivity index (χ1) is 19.0. The zero-order valence-electron chi connectivity index (χ0n) is 24.9. The highest BCUT2D eigenvalue weighted by molar-refractivity contribution is 5.75. The van der Waals surface area contributed by atoms with Gasteiger partial charge in [-0.1, -0.05) is 38.5 Å². The number of aliphatic hydroxyl groups is 1. The van der Waals surface area contributed by atoms with Crippen LogP contribution < -0.4 is 10.6 Å². The quantitative estimate of drug-likeness (QED) is 0.136. The summed E-state index contributed by atoms with van der Waals surface area (Å²) in [5.41, 5.74) is 3.58. The Balaban J connectivity index is 1.11. The molecule has 3 N–H and O–H groups in total. The van der Waals surface area contributed by atoms with Crippen LogP contribution in [0, 0.1) is 57.5 Å². The van der Waals surface area contributed by atoms with Gasteiger partial charge in [0.1, 0.15) is 5.69 Å². The van der Waals surface area contributed by atoms with Gasteiger partial charge in [-0.3, -0.25) is 14.9 Å². The summed E-state index contributed by atoms with van der Waals surface area (Å²) in [6.45, 7) is 10.1. The molecule has 7 heteroatoms. The molecule has 3 saturated carbocycles. The number of aryl methyl sites for hydroxylation is 1. The third-order valence-corrected chi connectivity index (χ3v) is 11.8. The van der Waals surface area contributed by atoms with Crippen molar-refractivity contribution in [3.05, 3.63) is 45.5 Å². The highest BCUT2D eigenvalue weighted by Crippen LogP contribution is 2.67. The van der Waals surface area contributed by atoms with Crippen molar-refractivity contribution < 1.29 is 14.8 Å². The summed E-state index contributed by atoms with van der Waals surface area (Å²) in [4.78, 5) is 23.6. The Morgan fingerprint density at radius 3 is 2.73 bits per heavy atom. The number of anilines is 1. The van der Waals surface area contributed by atoms with Crippen LogP contribution in [0.4, 0.5) is 11.4 Å². The lowest BCUT2D eigenvalue weighted by molar-refractivity contribution is -0.384. The van der Waals surface area contributed by atoms with E-state index in [1.165, 1.54) is 37.7 Å². The zero-order chi connectivity index (χ0) is 28.7. The number of nitrogens with zero attached hydrogens (tertiary/aromatic N) is 1. The third-order valence-electron chi connectivity index (χ3n) is 11.8. The van der Waals surface area contributed by atoms with Gasteiger partial charge in [0, 0.05) is 25.6 Å². The summed E-state index contributed by atoms with van der Waals surface area (Å²) in [6.07, 6.45) is 13.1. The molecule has 0 saturated heterocycles. The number of aliphatic hydroxyl groups excluding tert-OH is 1. The van der Waals surface area contributed by atoms with Crippen molar-refractivity contribution >= 4 is 17.3 Å². The molecule has 40 heavy (non-hydrogen) atoms. The first-order valence-electron chi connectivity index (χ1n) is 15.7. The Morgan fingerprint density at radius 1 is 1.15 bits per heavy atom. The van der Waals surface area contributed by atoms with Gasteiger partial charge in [0.2, 0.25) is 5.91 Å². The lowest BCUT2D eigenvalue weighted by atomic mass is 9.47. The second-order valence-electron chi connectivity index (χ2n) is 14.0. The van der Waals surface area contributed by atoms with Crippen molar-refractivity contribution in [2.45, 2.75) is 98.0 Å². The molecule has 4 aliphatic carbocycles. The molecule has 5 rings (SSSR count). The Kier molecular flexibility index (Phi) is 8.34. The monoisotopic (exact) mass is 551 g/mol. The van der Waals surface area contributed by atoms with Crippen LogP contribution in [0.2, 0.25) is 0 Å². The molecule has 0 bridgehead atoms. The van der Waals surface area contributed by atoms with Crippen molar-refractivity contribution in [2.24, 2.45) is 40.4 Å². The number of nitrogens with one attached hydrogen (secondary N) is 2. The van der Waals surface area contributed by atoms with Crippen LogP contribution in [0.5, 0.6) is 0 Å². The number of nitro groups is 1. The van der Waals surface area contributed by atoms with E-state index in [1.54, 1.807) is 12.1 Å². The summed E-state index contributed by atoms with van der Waals surface area (Å²) in [7, 11) is 0. The number of carbonyl (C=O) groups is 1. The average molecular weight is 552 g/mol. The zero-order valence-corrected chi connectivity index (χ0v) is 24.9. The standard InChI is InChI=1S/C33H49N3O4/c1-21-5-11-29(30(19-21)36(39)40)34-17-18-35-31(38)12-6-22(2)26-9-10-27-25-8-7-23-20-24(37)13-15-32(23,3)28(25)14-16-33(26,27)4/h5,7,11,19,22,24-28,34,37H,6,8-10,12-18,20H2,1-4H3,(H,35,38)/t22-,24+,25+,26-,27+,28+,32+,33-/m1/s1. The van der Waals surface area contributed by atoms with Crippen LogP contribution in [0.3, 0.4) is 0 Å². The maximum Gasteiger partial charge on any atom is 0.292 e. The Morgan fingerprint density at radius 2 is 1.95 bits per heavy atom. The first-order valence-corrected chi connectivity index (χ1v) is 15.7. The van der Waals surface area contributed by atoms with Crippen LogP contribution in [-0.4, -0.2) is 35.1 Å². The summed E-state index contributed by atoms with van der Waals surface area (Å²) in [5, 5.41) is 27.7. The molecule has 1 aromatic rings. The number of hydrogen-bond acceptors (Lipinski definition) is 5.